The zero-order chi connectivity index (χ0) is 26.4. The average Bonchev–Trinajstić information content (AvgIpc) is 3.40. The molecule has 0 bridgehead atoms. The fourth-order valence-corrected chi connectivity index (χ4v) is 4.59. The Bertz CT molecular complexity index is 1930. The van der Waals surface area contributed by atoms with Gasteiger partial charge in [-0.3, -0.25) is 14.2 Å². The van der Waals surface area contributed by atoms with Gasteiger partial charge in [-0.1, -0.05) is 15.9 Å². The molecule has 38 heavy (non-hydrogen) atoms. The number of aromatic amines is 1. The highest BCUT2D eigenvalue weighted by molar-refractivity contribution is 9.10. The second-order valence-corrected chi connectivity index (χ2v) is 9.19. The van der Waals surface area contributed by atoms with Gasteiger partial charge in [0.15, 0.2) is 11.6 Å². The number of hydrogen-bond donors (Lipinski definition) is 2. The van der Waals surface area contributed by atoms with Crippen LogP contribution in [0.4, 0.5) is 4.39 Å². The van der Waals surface area contributed by atoms with E-state index in [1.807, 2.05) is 0 Å². The van der Waals surface area contributed by atoms with E-state index < -0.39 is 17.2 Å². The maximum Gasteiger partial charge on any atom is 0.254 e. The smallest absolute Gasteiger partial charge is 0.254 e. The van der Waals surface area contributed by atoms with Gasteiger partial charge in [0.05, 0.1) is 16.5 Å². The summed E-state index contributed by atoms with van der Waals surface area (Å²) in [6, 6.07) is 16.2. The van der Waals surface area contributed by atoms with E-state index in [1.54, 1.807) is 59.3 Å². The van der Waals surface area contributed by atoms with Crippen molar-refractivity contribution in [2.75, 3.05) is 0 Å². The first-order valence-electron chi connectivity index (χ1n) is 11.3. The topological polar surface area (TPSA) is 129 Å². The fourth-order valence-electron chi connectivity index (χ4n) is 4.32. The summed E-state index contributed by atoms with van der Waals surface area (Å²) in [5, 5.41) is 0.782. The Hall–Kier alpha value is -4.90. The molecule has 0 saturated carbocycles. The molecule has 0 aliphatic carbocycles. The molecule has 0 radical (unpaired) electrons. The number of amides is 1. The van der Waals surface area contributed by atoms with Gasteiger partial charge in [-0.25, -0.2) is 19.3 Å². The number of carbonyl (C=O) groups excluding carboxylic acids is 1. The minimum absolute atomic E-state index is 0.105. The molecule has 186 valence electrons. The average molecular weight is 571 g/mol. The zero-order valence-electron chi connectivity index (χ0n) is 19.4. The van der Waals surface area contributed by atoms with Crippen molar-refractivity contribution in [1.29, 1.82) is 0 Å². The number of H-pyrrole nitrogens is 1. The summed E-state index contributed by atoms with van der Waals surface area (Å²) >= 11 is 3.41. The van der Waals surface area contributed by atoms with Crippen LogP contribution in [0.5, 0.6) is 11.6 Å². The molecule has 0 aliphatic heterocycles. The molecule has 0 atom stereocenters. The second kappa shape index (κ2) is 9.20. The van der Waals surface area contributed by atoms with E-state index in [4.69, 9.17) is 10.5 Å². The van der Waals surface area contributed by atoms with Gasteiger partial charge >= 0.3 is 0 Å². The number of nitrogens with zero attached hydrogens (tertiary/aromatic N) is 4. The zero-order valence-corrected chi connectivity index (χ0v) is 20.9. The summed E-state index contributed by atoms with van der Waals surface area (Å²) in [5.74, 6) is -1.62. The molecule has 4 aromatic heterocycles. The van der Waals surface area contributed by atoms with Crippen molar-refractivity contribution in [3.8, 4) is 28.6 Å². The number of aromatic nitrogens is 5. The number of nitrogens with two attached hydrogens (primary N) is 1. The van der Waals surface area contributed by atoms with Gasteiger partial charge in [0.25, 0.3) is 5.91 Å². The maximum atomic E-state index is 15.5. The molecule has 9 nitrogen and oxygen atoms in total. The number of ether oxygens (including phenoxy) is 1. The monoisotopic (exact) mass is 570 g/mol. The van der Waals surface area contributed by atoms with E-state index in [0.29, 0.717) is 16.7 Å². The Morgan fingerprint density at radius 1 is 1.03 bits per heavy atom. The van der Waals surface area contributed by atoms with Crippen molar-refractivity contribution in [1.82, 2.24) is 24.5 Å². The number of nitrogens with one attached hydrogen (secondary N) is 1. The van der Waals surface area contributed by atoms with Crippen LogP contribution in [-0.4, -0.2) is 30.4 Å². The third-order valence-corrected chi connectivity index (χ3v) is 6.52. The number of pyridine rings is 2. The van der Waals surface area contributed by atoms with Crippen LogP contribution in [0.2, 0.25) is 0 Å². The van der Waals surface area contributed by atoms with Crippen molar-refractivity contribution in [2.24, 2.45) is 5.73 Å². The Morgan fingerprint density at radius 2 is 1.84 bits per heavy atom. The summed E-state index contributed by atoms with van der Waals surface area (Å²) in [6.07, 6.45) is 4.51. The predicted molar refractivity (Wildman–Crippen MR) is 143 cm³/mol. The van der Waals surface area contributed by atoms with Crippen LogP contribution in [0.1, 0.15) is 10.4 Å². The summed E-state index contributed by atoms with van der Waals surface area (Å²) in [5.41, 5.74) is 6.58. The number of halogens is 2. The van der Waals surface area contributed by atoms with Gasteiger partial charge in [0.2, 0.25) is 11.3 Å². The van der Waals surface area contributed by atoms with Crippen LogP contribution < -0.4 is 15.9 Å². The first-order valence-corrected chi connectivity index (χ1v) is 12.1. The maximum absolute atomic E-state index is 15.5. The van der Waals surface area contributed by atoms with Crippen LogP contribution in [0.25, 0.3) is 39.0 Å². The lowest BCUT2D eigenvalue weighted by Gasteiger charge is -2.19. The van der Waals surface area contributed by atoms with Gasteiger partial charge in [0.1, 0.15) is 23.2 Å². The molecule has 0 fully saturated rings. The summed E-state index contributed by atoms with van der Waals surface area (Å²) in [4.78, 5) is 41.6. The largest absolute Gasteiger partial charge is 0.435 e. The summed E-state index contributed by atoms with van der Waals surface area (Å²) in [7, 11) is 0. The lowest BCUT2D eigenvalue weighted by molar-refractivity contribution is 0.0999. The summed E-state index contributed by atoms with van der Waals surface area (Å²) in [6.45, 7) is 0. The second-order valence-electron chi connectivity index (χ2n) is 8.27. The molecule has 11 heteroatoms. The molecule has 4 heterocycles. The third kappa shape index (κ3) is 3.89. The van der Waals surface area contributed by atoms with Gasteiger partial charge in [-0.05, 0) is 60.7 Å². The highest BCUT2D eigenvalue weighted by Crippen LogP contribution is 2.34. The fraction of sp³-hybridized carbons (Fsp3) is 0. The number of carbonyl (C=O) groups is 1. The lowest BCUT2D eigenvalue weighted by Crippen LogP contribution is -2.26. The highest BCUT2D eigenvalue weighted by Gasteiger charge is 2.24. The predicted octanol–water partition coefficient (Wildman–Crippen LogP) is 5.12. The van der Waals surface area contributed by atoms with E-state index in [2.05, 4.69) is 35.9 Å². The van der Waals surface area contributed by atoms with Crippen LogP contribution in [0.3, 0.4) is 0 Å². The van der Waals surface area contributed by atoms with E-state index in [9.17, 15) is 9.59 Å². The summed E-state index contributed by atoms with van der Waals surface area (Å²) < 4.78 is 23.7. The van der Waals surface area contributed by atoms with Crippen molar-refractivity contribution < 1.29 is 13.9 Å². The molecule has 0 spiro atoms. The molecular formula is C27H16BrFN6O3. The van der Waals surface area contributed by atoms with E-state index in [1.165, 1.54) is 24.7 Å². The van der Waals surface area contributed by atoms with Crippen LogP contribution in [-0.2, 0) is 0 Å². The minimum Gasteiger partial charge on any atom is -0.435 e. The molecule has 0 aliphatic rings. The van der Waals surface area contributed by atoms with Crippen molar-refractivity contribution in [3.63, 3.8) is 0 Å². The van der Waals surface area contributed by atoms with Crippen molar-refractivity contribution in [3.05, 3.63) is 105 Å². The number of benzene rings is 2. The first-order chi connectivity index (χ1) is 18.4. The van der Waals surface area contributed by atoms with E-state index in [-0.39, 0.29) is 39.5 Å². The minimum atomic E-state index is -0.946. The number of hydrogen-bond acceptors (Lipinski definition) is 6. The van der Waals surface area contributed by atoms with Crippen molar-refractivity contribution in [2.45, 2.75) is 0 Å². The van der Waals surface area contributed by atoms with Gasteiger partial charge < -0.3 is 15.5 Å². The van der Waals surface area contributed by atoms with Crippen LogP contribution >= 0.6 is 15.9 Å². The molecule has 1 amide bonds. The molecule has 6 aromatic rings. The van der Waals surface area contributed by atoms with Gasteiger partial charge in [0, 0.05) is 28.1 Å². The Morgan fingerprint density at radius 3 is 2.61 bits per heavy atom. The standard InChI is InChI=1S/C27H16BrFN6O3/c28-15-4-6-16(7-5-15)35-22(21(24(30)37)23(36)17-2-1-10-32-26(17)35)14-3-8-20(19(29)12-14)38-27-18-9-11-31-25(18)33-13-34-27/h1-13H,(H2,30,37)(H,31,33,34). The lowest BCUT2D eigenvalue weighted by atomic mass is 10.0. The van der Waals surface area contributed by atoms with Gasteiger partial charge in [-0.2, -0.15) is 0 Å². The normalized spacial score (nSPS) is 11.2. The van der Waals surface area contributed by atoms with Crippen LogP contribution in [0.15, 0.2) is 88.7 Å². The van der Waals surface area contributed by atoms with E-state index >= 15 is 4.39 Å². The van der Waals surface area contributed by atoms with E-state index in [0.717, 1.165) is 4.47 Å². The highest BCUT2D eigenvalue weighted by atomic mass is 79.9. The van der Waals surface area contributed by atoms with Gasteiger partial charge in [-0.15, -0.1) is 0 Å². The quantitative estimate of drug-likeness (QED) is 0.296. The number of fused-ring (bicyclic) bond motifs is 2. The Labute approximate surface area is 221 Å². The first kappa shape index (κ1) is 23.5. The SMILES string of the molecule is NC(=O)c1c(-c2ccc(Oc3ncnc4[nH]ccc34)c(F)c2)n(-c2ccc(Br)cc2)c2ncccc2c1=O. The Kier molecular flexibility index (Phi) is 5.69. The molecule has 3 N–H and O–H groups in total. The number of primary amides is 1. The van der Waals surface area contributed by atoms with Crippen LogP contribution in [0, 0.1) is 5.82 Å². The molecule has 0 unspecified atom stereocenters. The molecular weight excluding hydrogens is 555 g/mol. The van der Waals surface area contributed by atoms with Crippen molar-refractivity contribution >= 4 is 43.9 Å². The third-order valence-electron chi connectivity index (χ3n) is 5.99. The molecule has 6 rings (SSSR count). The molecule has 2 aromatic carbocycles. The Balaban J connectivity index is 1.58. The number of rotatable bonds is 5. The molecule has 0 saturated heterocycles.